The molecular weight excluding hydrogens is 206 g/mol. The van der Waals surface area contributed by atoms with Gasteiger partial charge in [-0.3, -0.25) is 4.90 Å². The quantitative estimate of drug-likeness (QED) is 0.509. The number of methoxy groups -OCH3 is 1. The maximum Gasteiger partial charge on any atom is 0.0791 e. The minimum absolute atomic E-state index is 0.393. The molecule has 5 nitrogen and oxygen atoms in total. The van der Waals surface area contributed by atoms with Crippen LogP contribution in [0.2, 0.25) is 0 Å². The van der Waals surface area contributed by atoms with E-state index in [1.807, 2.05) is 6.92 Å². The van der Waals surface area contributed by atoms with Crippen LogP contribution in [-0.4, -0.2) is 62.6 Å². The summed E-state index contributed by atoms with van der Waals surface area (Å²) in [6, 6.07) is 2.11. The Morgan fingerprint density at radius 2 is 2.31 bits per heavy atom. The lowest BCUT2D eigenvalue weighted by molar-refractivity contribution is 0.112. The van der Waals surface area contributed by atoms with E-state index in [2.05, 4.69) is 16.3 Å². The number of nitrogens with zero attached hydrogens (tertiary/aromatic N) is 2. The molecule has 0 amide bonds. The first-order valence-electron chi connectivity index (χ1n) is 5.71. The third kappa shape index (κ3) is 8.62. The fourth-order valence-electron chi connectivity index (χ4n) is 1.39. The third-order valence-electron chi connectivity index (χ3n) is 2.32. The minimum Gasteiger partial charge on any atom is -0.390 e. The zero-order valence-corrected chi connectivity index (χ0v) is 10.3. The Morgan fingerprint density at radius 3 is 2.88 bits per heavy atom. The lowest BCUT2D eigenvalue weighted by Gasteiger charge is -2.22. The van der Waals surface area contributed by atoms with Gasteiger partial charge in [-0.1, -0.05) is 6.92 Å². The number of aliphatic hydroxyl groups excluding tert-OH is 1. The first-order chi connectivity index (χ1) is 7.74. The van der Waals surface area contributed by atoms with E-state index in [0.29, 0.717) is 26.1 Å². The average Bonchev–Trinajstić information content (AvgIpc) is 2.30. The van der Waals surface area contributed by atoms with E-state index in [-0.39, 0.29) is 0 Å². The van der Waals surface area contributed by atoms with Crippen molar-refractivity contribution < 1.29 is 9.84 Å². The van der Waals surface area contributed by atoms with Gasteiger partial charge in [-0.05, 0) is 6.54 Å². The molecule has 0 aromatic carbocycles. The molecule has 0 fully saturated rings. The number of hydrogen-bond acceptors (Lipinski definition) is 5. The summed E-state index contributed by atoms with van der Waals surface area (Å²) < 4.78 is 4.89. The van der Waals surface area contributed by atoms with Crippen LogP contribution < -0.4 is 5.32 Å². The Hall–Kier alpha value is -0.670. The van der Waals surface area contributed by atoms with Gasteiger partial charge in [-0.2, -0.15) is 5.26 Å². The highest BCUT2D eigenvalue weighted by Crippen LogP contribution is 1.93. The normalized spacial score (nSPS) is 12.7. The molecule has 0 aliphatic heterocycles. The molecule has 0 rings (SSSR count). The van der Waals surface area contributed by atoms with E-state index < -0.39 is 6.10 Å². The summed E-state index contributed by atoms with van der Waals surface area (Å²) in [7, 11) is 1.65. The number of rotatable bonds is 10. The van der Waals surface area contributed by atoms with Crippen molar-refractivity contribution in [3.8, 4) is 6.07 Å². The fraction of sp³-hybridized carbons (Fsp3) is 0.909. The number of aliphatic hydroxyl groups is 1. The molecule has 2 N–H and O–H groups in total. The van der Waals surface area contributed by atoms with Crippen LogP contribution in [0, 0.1) is 11.3 Å². The molecule has 0 bridgehead atoms. The van der Waals surface area contributed by atoms with Crippen molar-refractivity contribution in [2.45, 2.75) is 19.4 Å². The van der Waals surface area contributed by atoms with Gasteiger partial charge in [0.1, 0.15) is 0 Å². The van der Waals surface area contributed by atoms with Crippen LogP contribution in [0.15, 0.2) is 0 Å². The van der Waals surface area contributed by atoms with Crippen molar-refractivity contribution in [3.63, 3.8) is 0 Å². The first-order valence-corrected chi connectivity index (χ1v) is 5.71. The Kier molecular flexibility index (Phi) is 10.4. The molecular formula is C11H23N3O2. The molecule has 94 valence electrons. The van der Waals surface area contributed by atoms with Crippen molar-refractivity contribution in [1.82, 2.24) is 10.2 Å². The van der Waals surface area contributed by atoms with Crippen LogP contribution in [-0.2, 0) is 4.74 Å². The predicted octanol–water partition coefficient (Wildman–Crippen LogP) is -0.181. The molecule has 0 aliphatic rings. The van der Waals surface area contributed by atoms with Crippen molar-refractivity contribution in [2.75, 3.05) is 46.4 Å². The van der Waals surface area contributed by atoms with Gasteiger partial charge >= 0.3 is 0 Å². The molecule has 16 heavy (non-hydrogen) atoms. The van der Waals surface area contributed by atoms with Gasteiger partial charge in [0, 0.05) is 39.7 Å². The van der Waals surface area contributed by atoms with Gasteiger partial charge in [0.2, 0.25) is 0 Å². The summed E-state index contributed by atoms with van der Waals surface area (Å²) in [6.45, 7) is 6.18. The summed E-state index contributed by atoms with van der Waals surface area (Å²) in [5, 5.41) is 21.3. The van der Waals surface area contributed by atoms with E-state index in [0.717, 1.165) is 19.6 Å². The summed E-state index contributed by atoms with van der Waals surface area (Å²) in [6.07, 6.45) is 0.119. The number of ether oxygens (including phenoxy) is 1. The molecule has 0 aliphatic carbocycles. The molecule has 0 aromatic heterocycles. The lowest BCUT2D eigenvalue weighted by atomic mass is 10.3. The summed E-state index contributed by atoms with van der Waals surface area (Å²) in [5.74, 6) is 0. The molecule has 1 unspecified atom stereocenters. The van der Waals surface area contributed by atoms with E-state index in [1.165, 1.54) is 0 Å². The molecule has 0 saturated carbocycles. The molecule has 0 radical (unpaired) electrons. The maximum atomic E-state index is 9.72. The summed E-state index contributed by atoms with van der Waals surface area (Å²) >= 11 is 0. The molecule has 1 atom stereocenters. The highest BCUT2D eigenvalue weighted by atomic mass is 16.5. The zero-order valence-electron chi connectivity index (χ0n) is 10.3. The highest BCUT2D eigenvalue weighted by molar-refractivity contribution is 4.73. The first kappa shape index (κ1) is 15.3. The maximum absolute atomic E-state index is 9.72. The van der Waals surface area contributed by atoms with Gasteiger partial charge in [0.05, 0.1) is 18.8 Å². The lowest BCUT2D eigenvalue weighted by Crippen LogP contribution is -2.39. The summed E-state index contributed by atoms with van der Waals surface area (Å²) in [5.41, 5.74) is 0. The standard InChI is InChI=1S/C11H23N3O2/c1-3-14(7-4-5-12)10-11(15)9-13-6-8-16-2/h11,13,15H,3-4,6-10H2,1-2H3. The Labute approximate surface area is 98.0 Å². The number of nitriles is 1. The smallest absolute Gasteiger partial charge is 0.0791 e. The molecule has 0 saturated heterocycles. The highest BCUT2D eigenvalue weighted by Gasteiger charge is 2.09. The van der Waals surface area contributed by atoms with Crippen LogP contribution in [0.3, 0.4) is 0 Å². The van der Waals surface area contributed by atoms with Crippen LogP contribution in [0.4, 0.5) is 0 Å². The Morgan fingerprint density at radius 1 is 1.56 bits per heavy atom. The molecule has 0 spiro atoms. The van der Waals surface area contributed by atoms with E-state index >= 15 is 0 Å². The second-order valence-electron chi connectivity index (χ2n) is 3.65. The van der Waals surface area contributed by atoms with Crippen molar-refractivity contribution in [2.24, 2.45) is 0 Å². The number of hydrogen-bond donors (Lipinski definition) is 2. The second kappa shape index (κ2) is 10.8. The van der Waals surface area contributed by atoms with Crippen LogP contribution in [0.1, 0.15) is 13.3 Å². The van der Waals surface area contributed by atoms with Crippen LogP contribution in [0.5, 0.6) is 0 Å². The van der Waals surface area contributed by atoms with E-state index in [9.17, 15) is 5.11 Å². The number of nitrogens with one attached hydrogen (secondary N) is 1. The van der Waals surface area contributed by atoms with Crippen LogP contribution in [0.25, 0.3) is 0 Å². The van der Waals surface area contributed by atoms with Crippen LogP contribution >= 0.6 is 0 Å². The Balaban J connectivity index is 3.57. The molecule has 5 heteroatoms. The number of likely N-dealkylation sites (N-methyl/N-ethyl adjacent to an activating group) is 1. The minimum atomic E-state index is -0.393. The van der Waals surface area contributed by atoms with Gasteiger partial charge in [0.25, 0.3) is 0 Å². The van der Waals surface area contributed by atoms with Crippen molar-refractivity contribution in [1.29, 1.82) is 5.26 Å². The van der Waals surface area contributed by atoms with Gasteiger partial charge in [-0.25, -0.2) is 0 Å². The fourth-order valence-corrected chi connectivity index (χ4v) is 1.39. The predicted molar refractivity (Wildman–Crippen MR) is 63.1 cm³/mol. The van der Waals surface area contributed by atoms with E-state index in [4.69, 9.17) is 10.00 Å². The monoisotopic (exact) mass is 229 g/mol. The largest absolute Gasteiger partial charge is 0.390 e. The second-order valence-corrected chi connectivity index (χ2v) is 3.65. The Bertz CT molecular complexity index is 194. The van der Waals surface area contributed by atoms with E-state index in [1.54, 1.807) is 7.11 Å². The van der Waals surface area contributed by atoms with Gasteiger partial charge in [-0.15, -0.1) is 0 Å². The molecule has 0 heterocycles. The average molecular weight is 229 g/mol. The third-order valence-corrected chi connectivity index (χ3v) is 2.32. The summed E-state index contributed by atoms with van der Waals surface area (Å²) in [4.78, 5) is 2.08. The molecule has 0 aromatic rings. The van der Waals surface area contributed by atoms with Gasteiger partial charge < -0.3 is 15.2 Å². The zero-order chi connectivity index (χ0) is 12.2. The SMILES string of the molecule is CCN(CCC#N)CC(O)CNCCOC. The van der Waals surface area contributed by atoms with Crippen molar-refractivity contribution >= 4 is 0 Å². The van der Waals surface area contributed by atoms with Crippen molar-refractivity contribution in [3.05, 3.63) is 0 Å². The van der Waals surface area contributed by atoms with Gasteiger partial charge in [0.15, 0.2) is 0 Å². The topological polar surface area (TPSA) is 68.5 Å².